The van der Waals surface area contributed by atoms with Crippen molar-refractivity contribution in [3.05, 3.63) is 70.8 Å². The van der Waals surface area contributed by atoms with Gasteiger partial charge < -0.3 is 10.8 Å². The van der Waals surface area contributed by atoms with Gasteiger partial charge in [-0.3, -0.25) is 14.4 Å². The number of phenolic OH excluding ortho intramolecular Hbond substituents is 1. The van der Waals surface area contributed by atoms with Gasteiger partial charge in [-0.15, -0.1) is 0 Å². The van der Waals surface area contributed by atoms with Crippen molar-refractivity contribution in [1.29, 1.82) is 0 Å². The van der Waals surface area contributed by atoms with E-state index in [0.717, 1.165) is 5.56 Å². The van der Waals surface area contributed by atoms with Crippen LogP contribution in [0.1, 0.15) is 24.0 Å². The maximum Gasteiger partial charge on any atom is 0.204 e. The van der Waals surface area contributed by atoms with Crippen molar-refractivity contribution in [3.8, 4) is 5.75 Å². The number of amides is 1. The smallest absolute Gasteiger partial charge is 0.204 e. The molecule has 0 heterocycles. The largest absolute Gasteiger partial charge is 0.508 e. The number of benzene rings is 2. The van der Waals surface area contributed by atoms with Gasteiger partial charge in [0, 0.05) is 5.02 Å². The van der Waals surface area contributed by atoms with E-state index in [2.05, 4.69) is 5.73 Å². The number of aromatic hydroxyl groups is 1. The van der Waals surface area contributed by atoms with Crippen molar-refractivity contribution in [2.24, 2.45) is 5.73 Å². The van der Waals surface area contributed by atoms with Gasteiger partial charge in [0.2, 0.25) is 6.41 Å². The zero-order valence-corrected chi connectivity index (χ0v) is 14.3. The van der Waals surface area contributed by atoms with E-state index in [0.29, 0.717) is 10.6 Å². The lowest BCUT2D eigenvalue weighted by Gasteiger charge is -2.11. The van der Waals surface area contributed by atoms with Crippen molar-refractivity contribution in [2.45, 2.75) is 12.8 Å². The number of allylic oxidation sites excluding steroid dienone is 1. The zero-order valence-electron chi connectivity index (χ0n) is 13.6. The molecule has 6 heteroatoms. The Morgan fingerprint density at radius 1 is 1.08 bits per heavy atom. The Hall–Kier alpha value is -2.92. The highest BCUT2D eigenvalue weighted by molar-refractivity contribution is 6.30. The summed E-state index contributed by atoms with van der Waals surface area (Å²) >= 11 is 5.83. The van der Waals surface area contributed by atoms with Crippen LogP contribution in [0.3, 0.4) is 0 Å². The molecule has 0 aliphatic rings. The normalized spacial score (nSPS) is 11.3. The number of carbonyl (C=O) groups excluding carboxylic acids is 3. The Kier molecular flexibility index (Phi) is 8.09. The Morgan fingerprint density at radius 2 is 1.60 bits per heavy atom. The summed E-state index contributed by atoms with van der Waals surface area (Å²) in [5, 5.41) is 9.77. The van der Waals surface area contributed by atoms with Crippen LogP contribution < -0.4 is 5.73 Å². The molecule has 0 saturated carbocycles. The van der Waals surface area contributed by atoms with E-state index in [1.807, 2.05) is 0 Å². The Bertz CT molecular complexity index is 752. The number of nitrogens with two attached hydrogens (primary N) is 1. The first-order chi connectivity index (χ1) is 11.9. The van der Waals surface area contributed by atoms with Gasteiger partial charge in [-0.1, -0.05) is 41.9 Å². The third-order valence-corrected chi connectivity index (χ3v) is 3.48. The predicted molar refractivity (Wildman–Crippen MR) is 97.3 cm³/mol. The van der Waals surface area contributed by atoms with Crippen molar-refractivity contribution in [3.63, 3.8) is 0 Å². The van der Waals surface area contributed by atoms with Crippen molar-refractivity contribution < 1.29 is 19.5 Å². The number of ketones is 2. The molecular formula is C19H18ClNO4. The maximum atomic E-state index is 12.3. The second-order valence-electron chi connectivity index (χ2n) is 5.06. The van der Waals surface area contributed by atoms with Gasteiger partial charge in [-0.2, -0.15) is 0 Å². The molecule has 2 rings (SSSR count). The average molecular weight is 360 g/mol. The summed E-state index contributed by atoms with van der Waals surface area (Å²) in [5.74, 6) is -1.18. The van der Waals surface area contributed by atoms with Crippen molar-refractivity contribution in [1.82, 2.24) is 0 Å². The molecule has 130 valence electrons. The first kappa shape index (κ1) is 20.1. The van der Waals surface area contributed by atoms with Gasteiger partial charge in [-0.05, 0) is 48.4 Å². The summed E-state index contributed by atoms with van der Waals surface area (Å²) in [6.07, 6.45) is 3.25. The minimum Gasteiger partial charge on any atom is -0.508 e. The van der Waals surface area contributed by atoms with Crippen LogP contribution in [0.5, 0.6) is 5.75 Å². The number of hydrogen-bond acceptors (Lipinski definition) is 4. The molecule has 0 spiro atoms. The fourth-order valence-corrected chi connectivity index (χ4v) is 2.24. The highest BCUT2D eigenvalue weighted by atomic mass is 35.5. The topological polar surface area (TPSA) is 97.5 Å². The molecule has 1 amide bonds. The van der Waals surface area contributed by atoms with E-state index < -0.39 is 5.92 Å². The van der Waals surface area contributed by atoms with Crippen LogP contribution in [0.25, 0.3) is 6.08 Å². The molecule has 0 aliphatic heterocycles. The number of carbonyl (C=O) groups is 3. The first-order valence-electron chi connectivity index (χ1n) is 7.31. The molecule has 3 N–H and O–H groups in total. The highest BCUT2D eigenvalue weighted by Gasteiger charge is 2.23. The lowest BCUT2D eigenvalue weighted by molar-refractivity contribution is -0.125. The fourth-order valence-electron chi connectivity index (χ4n) is 2.11. The quantitative estimate of drug-likeness (QED) is 0.487. The predicted octanol–water partition coefficient (Wildman–Crippen LogP) is 3.10. The third-order valence-electron chi connectivity index (χ3n) is 3.23. The van der Waals surface area contributed by atoms with Gasteiger partial charge in [0.05, 0.1) is 0 Å². The molecule has 2 aromatic rings. The molecule has 0 aromatic heterocycles. The average Bonchev–Trinajstić information content (AvgIpc) is 2.57. The van der Waals surface area contributed by atoms with Crippen LogP contribution in [0.4, 0.5) is 0 Å². The van der Waals surface area contributed by atoms with Crippen LogP contribution in [-0.2, 0) is 14.4 Å². The number of hydrogen-bond donors (Lipinski definition) is 2. The summed E-state index contributed by atoms with van der Waals surface area (Å²) < 4.78 is 0. The van der Waals surface area contributed by atoms with Crippen LogP contribution in [0.2, 0.25) is 5.02 Å². The molecule has 1 unspecified atom stereocenters. The number of primary amides is 1. The number of phenols is 1. The number of halogens is 1. The molecule has 0 fully saturated rings. The van der Waals surface area contributed by atoms with E-state index in [4.69, 9.17) is 16.4 Å². The minimum absolute atomic E-state index is 0.159. The minimum atomic E-state index is -0.828. The summed E-state index contributed by atoms with van der Waals surface area (Å²) in [4.78, 5) is 32.7. The zero-order chi connectivity index (χ0) is 18.8. The molecule has 0 saturated heterocycles. The number of Topliss-reactive ketones (excluding diaryl/α,β-unsaturated/α-hetero) is 1. The molecular weight excluding hydrogens is 342 g/mol. The van der Waals surface area contributed by atoms with Gasteiger partial charge in [0.1, 0.15) is 17.5 Å². The molecule has 5 nitrogen and oxygen atoms in total. The summed E-state index contributed by atoms with van der Waals surface area (Å²) in [6, 6.07) is 13.1. The van der Waals surface area contributed by atoms with Crippen LogP contribution in [0, 0.1) is 0 Å². The standard InChI is InChI=1S/C18H15ClO3.CH3NO/c1-12(20)18(14-5-7-15(19)8-6-14)17(22)11-4-13-2-9-16(21)10-3-13;2-1-3/h2-11,18,21H,1H3;1H,(H2,2,3)/b11-4+;. The summed E-state index contributed by atoms with van der Waals surface area (Å²) in [6.45, 7) is 1.39. The molecule has 1 atom stereocenters. The summed E-state index contributed by atoms with van der Waals surface area (Å²) in [5.41, 5.74) is 5.56. The second kappa shape index (κ2) is 10.1. The molecule has 2 aromatic carbocycles. The van der Waals surface area contributed by atoms with Gasteiger partial charge in [-0.25, -0.2) is 0 Å². The van der Waals surface area contributed by atoms with E-state index in [-0.39, 0.29) is 23.7 Å². The van der Waals surface area contributed by atoms with Gasteiger partial charge in [0.15, 0.2) is 5.78 Å². The van der Waals surface area contributed by atoms with E-state index in [1.54, 1.807) is 42.5 Å². The van der Waals surface area contributed by atoms with Crippen LogP contribution in [-0.4, -0.2) is 23.1 Å². The third kappa shape index (κ3) is 6.61. The van der Waals surface area contributed by atoms with Crippen LogP contribution in [0.15, 0.2) is 54.6 Å². The molecule has 0 bridgehead atoms. The Labute approximate surface area is 150 Å². The monoisotopic (exact) mass is 359 g/mol. The first-order valence-corrected chi connectivity index (χ1v) is 7.69. The van der Waals surface area contributed by atoms with Crippen molar-refractivity contribution in [2.75, 3.05) is 0 Å². The lowest BCUT2D eigenvalue weighted by atomic mass is 9.91. The van der Waals surface area contributed by atoms with Gasteiger partial charge in [0.25, 0.3) is 0 Å². The second-order valence-corrected chi connectivity index (χ2v) is 5.49. The van der Waals surface area contributed by atoms with Crippen LogP contribution >= 0.6 is 11.6 Å². The number of rotatable bonds is 5. The lowest BCUT2D eigenvalue weighted by Crippen LogP contribution is -2.17. The Morgan fingerprint density at radius 3 is 2.08 bits per heavy atom. The van der Waals surface area contributed by atoms with E-state index >= 15 is 0 Å². The van der Waals surface area contributed by atoms with Crippen molar-refractivity contribution >= 4 is 35.7 Å². The van der Waals surface area contributed by atoms with Gasteiger partial charge >= 0.3 is 0 Å². The highest BCUT2D eigenvalue weighted by Crippen LogP contribution is 2.21. The fraction of sp³-hybridized carbons (Fsp3) is 0.105. The molecule has 25 heavy (non-hydrogen) atoms. The Balaban J connectivity index is 0.000000970. The maximum absolute atomic E-state index is 12.3. The molecule has 0 radical (unpaired) electrons. The summed E-state index contributed by atoms with van der Waals surface area (Å²) in [7, 11) is 0. The molecule has 0 aliphatic carbocycles. The van der Waals surface area contributed by atoms with E-state index in [1.165, 1.54) is 25.1 Å². The van der Waals surface area contributed by atoms with E-state index in [9.17, 15) is 14.7 Å². The SMILES string of the molecule is CC(=O)C(C(=O)/C=C/c1ccc(O)cc1)c1ccc(Cl)cc1.NC=O.